The summed E-state index contributed by atoms with van der Waals surface area (Å²) in [7, 11) is 0. The Morgan fingerprint density at radius 1 is 1.56 bits per heavy atom. The lowest BCUT2D eigenvalue weighted by Crippen LogP contribution is -2.07. The van der Waals surface area contributed by atoms with Crippen LogP contribution in [0, 0.1) is 18.3 Å². The van der Waals surface area contributed by atoms with Crippen LogP contribution in [0.5, 0.6) is 5.75 Å². The van der Waals surface area contributed by atoms with Crippen molar-refractivity contribution < 1.29 is 14.6 Å². The normalized spacial score (nSPS) is 9.56. The molecule has 0 aliphatic heterocycles. The van der Waals surface area contributed by atoms with Gasteiger partial charge in [0.2, 0.25) is 0 Å². The molecule has 4 nitrogen and oxygen atoms in total. The van der Waals surface area contributed by atoms with Gasteiger partial charge in [0.25, 0.3) is 0 Å². The first-order valence-electron chi connectivity index (χ1n) is 4.96. The standard InChI is InChI=1S/C12H13NO3/c1-3-16-12(15)6-9-4-10(7-13)8(2)11(14)5-9/h4-5,14H,3,6H2,1-2H3. The predicted octanol–water partition coefficient (Wildman–Crippen LogP) is 1.68. The number of phenols is 1. The van der Waals surface area contributed by atoms with Gasteiger partial charge < -0.3 is 9.84 Å². The van der Waals surface area contributed by atoms with E-state index in [2.05, 4.69) is 0 Å². The fourth-order valence-electron chi connectivity index (χ4n) is 1.35. The lowest BCUT2D eigenvalue weighted by atomic mass is 10.0. The monoisotopic (exact) mass is 219 g/mol. The zero-order valence-corrected chi connectivity index (χ0v) is 9.28. The van der Waals surface area contributed by atoms with E-state index in [0.29, 0.717) is 23.3 Å². The first kappa shape index (κ1) is 12.1. The molecular formula is C12H13NO3. The minimum Gasteiger partial charge on any atom is -0.508 e. The molecule has 1 aromatic rings. The van der Waals surface area contributed by atoms with Crippen molar-refractivity contribution in [2.24, 2.45) is 0 Å². The molecule has 1 aromatic carbocycles. The third-order valence-corrected chi connectivity index (χ3v) is 2.21. The molecule has 0 radical (unpaired) electrons. The molecule has 0 heterocycles. The molecule has 16 heavy (non-hydrogen) atoms. The SMILES string of the molecule is CCOC(=O)Cc1cc(O)c(C)c(C#N)c1. The summed E-state index contributed by atoms with van der Waals surface area (Å²) in [4.78, 5) is 11.2. The van der Waals surface area contributed by atoms with Crippen LogP contribution in [-0.4, -0.2) is 17.7 Å². The number of rotatable bonds is 3. The number of carbonyl (C=O) groups excluding carboxylic acids is 1. The summed E-state index contributed by atoms with van der Waals surface area (Å²) in [5.74, 6) is -0.340. The fourth-order valence-corrected chi connectivity index (χ4v) is 1.35. The van der Waals surface area contributed by atoms with E-state index in [9.17, 15) is 9.90 Å². The van der Waals surface area contributed by atoms with Gasteiger partial charge in [0.15, 0.2) is 0 Å². The Morgan fingerprint density at radius 3 is 2.81 bits per heavy atom. The molecule has 0 bridgehead atoms. The van der Waals surface area contributed by atoms with Crippen LogP contribution >= 0.6 is 0 Å². The molecule has 0 amide bonds. The average Bonchev–Trinajstić information content (AvgIpc) is 2.23. The van der Waals surface area contributed by atoms with Crippen molar-refractivity contribution in [2.45, 2.75) is 20.3 Å². The van der Waals surface area contributed by atoms with Gasteiger partial charge in [-0.05, 0) is 31.5 Å². The second-order valence-electron chi connectivity index (χ2n) is 3.38. The van der Waals surface area contributed by atoms with Crippen molar-refractivity contribution in [3.05, 3.63) is 28.8 Å². The third-order valence-electron chi connectivity index (χ3n) is 2.21. The molecule has 84 valence electrons. The van der Waals surface area contributed by atoms with E-state index in [1.165, 1.54) is 6.07 Å². The Balaban J connectivity index is 2.95. The molecule has 0 fully saturated rings. The van der Waals surface area contributed by atoms with Crippen molar-refractivity contribution >= 4 is 5.97 Å². The lowest BCUT2D eigenvalue weighted by Gasteiger charge is -2.06. The second-order valence-corrected chi connectivity index (χ2v) is 3.38. The maximum atomic E-state index is 11.2. The highest BCUT2D eigenvalue weighted by molar-refractivity contribution is 5.73. The number of nitrogens with zero attached hydrogens (tertiary/aromatic N) is 1. The van der Waals surface area contributed by atoms with Gasteiger partial charge in [0.1, 0.15) is 5.75 Å². The molecule has 0 unspecified atom stereocenters. The molecular weight excluding hydrogens is 206 g/mol. The smallest absolute Gasteiger partial charge is 0.310 e. The molecule has 1 rings (SSSR count). The minimum absolute atomic E-state index is 0.0262. The number of phenolic OH excluding ortho intramolecular Hbond substituents is 1. The first-order chi connectivity index (χ1) is 7.58. The molecule has 0 atom stereocenters. The van der Waals surface area contributed by atoms with Crippen LogP contribution in [-0.2, 0) is 16.0 Å². The molecule has 0 aromatic heterocycles. The summed E-state index contributed by atoms with van der Waals surface area (Å²) in [6, 6.07) is 5.04. The Kier molecular flexibility index (Phi) is 3.90. The van der Waals surface area contributed by atoms with Crippen LogP contribution in [0.2, 0.25) is 0 Å². The summed E-state index contributed by atoms with van der Waals surface area (Å²) in [6.07, 6.45) is 0.0658. The van der Waals surface area contributed by atoms with E-state index in [-0.39, 0.29) is 18.1 Å². The maximum Gasteiger partial charge on any atom is 0.310 e. The molecule has 0 spiro atoms. The maximum absolute atomic E-state index is 11.2. The number of ether oxygens (including phenoxy) is 1. The molecule has 0 saturated heterocycles. The van der Waals surface area contributed by atoms with Gasteiger partial charge in [-0.1, -0.05) is 0 Å². The van der Waals surface area contributed by atoms with E-state index in [1.807, 2.05) is 6.07 Å². The number of nitriles is 1. The summed E-state index contributed by atoms with van der Waals surface area (Å²) in [5, 5.41) is 18.4. The topological polar surface area (TPSA) is 70.3 Å². The fraction of sp³-hybridized carbons (Fsp3) is 0.333. The minimum atomic E-state index is -0.366. The first-order valence-corrected chi connectivity index (χ1v) is 4.96. The number of hydrogen-bond acceptors (Lipinski definition) is 4. The van der Waals surface area contributed by atoms with E-state index in [1.54, 1.807) is 19.9 Å². The molecule has 4 heteroatoms. The van der Waals surface area contributed by atoms with Crippen molar-refractivity contribution in [3.8, 4) is 11.8 Å². The van der Waals surface area contributed by atoms with E-state index < -0.39 is 0 Å². The van der Waals surface area contributed by atoms with Crippen LogP contribution in [0.1, 0.15) is 23.6 Å². The van der Waals surface area contributed by atoms with Crippen molar-refractivity contribution in [3.63, 3.8) is 0 Å². The Hall–Kier alpha value is -2.02. The Labute approximate surface area is 94.1 Å². The van der Waals surface area contributed by atoms with Gasteiger partial charge in [-0.15, -0.1) is 0 Å². The highest BCUT2D eigenvalue weighted by Gasteiger charge is 2.09. The Bertz CT molecular complexity index is 446. The third kappa shape index (κ3) is 2.74. The van der Waals surface area contributed by atoms with E-state index in [4.69, 9.17) is 10.00 Å². The molecule has 0 aliphatic carbocycles. The van der Waals surface area contributed by atoms with Gasteiger partial charge in [-0.25, -0.2) is 0 Å². The second kappa shape index (κ2) is 5.17. The average molecular weight is 219 g/mol. The lowest BCUT2D eigenvalue weighted by molar-refractivity contribution is -0.142. The number of carbonyl (C=O) groups is 1. The summed E-state index contributed by atoms with van der Waals surface area (Å²) >= 11 is 0. The van der Waals surface area contributed by atoms with Crippen LogP contribution in [0.25, 0.3) is 0 Å². The molecule has 0 saturated carbocycles. The zero-order chi connectivity index (χ0) is 12.1. The van der Waals surface area contributed by atoms with E-state index >= 15 is 0 Å². The van der Waals surface area contributed by atoms with Crippen LogP contribution in [0.4, 0.5) is 0 Å². The van der Waals surface area contributed by atoms with Crippen molar-refractivity contribution in [2.75, 3.05) is 6.61 Å². The number of esters is 1. The van der Waals surface area contributed by atoms with Gasteiger partial charge >= 0.3 is 5.97 Å². The van der Waals surface area contributed by atoms with Crippen LogP contribution in [0.15, 0.2) is 12.1 Å². The summed E-state index contributed by atoms with van der Waals surface area (Å²) in [5.41, 5.74) is 1.48. The van der Waals surface area contributed by atoms with Gasteiger partial charge in [0, 0.05) is 5.56 Å². The van der Waals surface area contributed by atoms with Gasteiger partial charge in [0.05, 0.1) is 24.7 Å². The number of hydrogen-bond donors (Lipinski definition) is 1. The Morgan fingerprint density at radius 2 is 2.25 bits per heavy atom. The molecule has 1 N–H and O–H groups in total. The highest BCUT2D eigenvalue weighted by atomic mass is 16.5. The number of benzene rings is 1. The summed E-state index contributed by atoms with van der Waals surface area (Å²) < 4.78 is 4.79. The highest BCUT2D eigenvalue weighted by Crippen LogP contribution is 2.22. The van der Waals surface area contributed by atoms with Gasteiger partial charge in [-0.3, -0.25) is 4.79 Å². The zero-order valence-electron chi connectivity index (χ0n) is 9.28. The quantitative estimate of drug-likeness (QED) is 0.785. The molecule has 0 aliphatic rings. The van der Waals surface area contributed by atoms with Crippen molar-refractivity contribution in [1.82, 2.24) is 0 Å². The van der Waals surface area contributed by atoms with Crippen LogP contribution in [0.3, 0.4) is 0 Å². The van der Waals surface area contributed by atoms with E-state index in [0.717, 1.165) is 0 Å². The summed E-state index contributed by atoms with van der Waals surface area (Å²) in [6.45, 7) is 3.70. The largest absolute Gasteiger partial charge is 0.508 e. The number of aromatic hydroxyl groups is 1. The van der Waals surface area contributed by atoms with Crippen LogP contribution < -0.4 is 0 Å². The predicted molar refractivity (Wildman–Crippen MR) is 57.9 cm³/mol. The van der Waals surface area contributed by atoms with Crippen molar-refractivity contribution in [1.29, 1.82) is 5.26 Å². The van der Waals surface area contributed by atoms with Gasteiger partial charge in [-0.2, -0.15) is 5.26 Å².